The zero-order chi connectivity index (χ0) is 11.6. The average molecular weight is 216 g/mol. The molecule has 0 radical (unpaired) electrons. The Bertz CT molecular complexity index is 441. The minimum atomic E-state index is -0.767. The van der Waals surface area contributed by atoms with Crippen LogP contribution in [0.5, 0.6) is 5.75 Å². The Labute approximate surface area is 93.5 Å². The molecule has 0 bridgehead atoms. The van der Waals surface area contributed by atoms with Crippen LogP contribution in [0.2, 0.25) is 0 Å². The highest BCUT2D eigenvalue weighted by Gasteiger charge is 2.50. The largest absolute Gasteiger partial charge is 0.508 e. The molecule has 1 aromatic carbocycles. The smallest absolute Gasteiger partial charge is 0.240 e. The summed E-state index contributed by atoms with van der Waals surface area (Å²) in [5, 5.41) is 20.6. The van der Waals surface area contributed by atoms with Crippen molar-refractivity contribution in [1.29, 1.82) is 5.26 Å². The summed E-state index contributed by atoms with van der Waals surface area (Å²) in [7, 11) is 0. The van der Waals surface area contributed by atoms with Crippen LogP contribution in [0, 0.1) is 16.7 Å². The van der Waals surface area contributed by atoms with E-state index in [1.807, 2.05) is 6.07 Å². The topological polar surface area (TPSA) is 73.1 Å². The summed E-state index contributed by atoms with van der Waals surface area (Å²) in [6, 6.07) is 8.66. The van der Waals surface area contributed by atoms with E-state index in [1.165, 1.54) is 0 Å². The van der Waals surface area contributed by atoms with Gasteiger partial charge in [0, 0.05) is 6.54 Å². The maximum Gasteiger partial charge on any atom is 0.240 e. The Hall–Kier alpha value is -2.02. The van der Waals surface area contributed by atoms with E-state index in [4.69, 9.17) is 10.4 Å². The number of nitriles is 1. The Morgan fingerprint density at radius 1 is 1.44 bits per heavy atom. The van der Waals surface area contributed by atoms with Crippen molar-refractivity contribution >= 4 is 5.91 Å². The van der Waals surface area contributed by atoms with Crippen molar-refractivity contribution in [3.05, 3.63) is 29.8 Å². The van der Waals surface area contributed by atoms with Gasteiger partial charge in [0.25, 0.3) is 0 Å². The van der Waals surface area contributed by atoms with Gasteiger partial charge in [-0.1, -0.05) is 12.1 Å². The fourth-order valence-electron chi connectivity index (χ4n) is 1.48. The molecule has 0 unspecified atom stereocenters. The van der Waals surface area contributed by atoms with Crippen molar-refractivity contribution in [1.82, 2.24) is 5.32 Å². The molecule has 2 N–H and O–H groups in total. The number of hydrogen-bond acceptors (Lipinski definition) is 3. The minimum absolute atomic E-state index is 0.192. The van der Waals surface area contributed by atoms with E-state index in [0.717, 1.165) is 5.56 Å². The Morgan fingerprint density at radius 2 is 2.06 bits per heavy atom. The van der Waals surface area contributed by atoms with Crippen LogP contribution in [0.3, 0.4) is 0 Å². The van der Waals surface area contributed by atoms with E-state index >= 15 is 0 Å². The van der Waals surface area contributed by atoms with E-state index < -0.39 is 5.41 Å². The van der Waals surface area contributed by atoms with Gasteiger partial charge in [0.2, 0.25) is 5.91 Å². The second kappa shape index (κ2) is 3.86. The number of phenols is 1. The number of amides is 1. The molecule has 0 atom stereocenters. The van der Waals surface area contributed by atoms with Crippen molar-refractivity contribution in [3.8, 4) is 11.8 Å². The van der Waals surface area contributed by atoms with Crippen LogP contribution in [0.15, 0.2) is 24.3 Å². The van der Waals surface area contributed by atoms with Gasteiger partial charge in [-0.2, -0.15) is 5.26 Å². The van der Waals surface area contributed by atoms with Gasteiger partial charge in [0.15, 0.2) is 0 Å². The minimum Gasteiger partial charge on any atom is -0.508 e. The van der Waals surface area contributed by atoms with E-state index in [2.05, 4.69) is 5.32 Å². The first kappa shape index (κ1) is 10.5. The van der Waals surface area contributed by atoms with Gasteiger partial charge in [-0.3, -0.25) is 4.79 Å². The quantitative estimate of drug-likeness (QED) is 0.800. The molecule has 0 heterocycles. The molecule has 1 amide bonds. The second-order valence-electron chi connectivity index (χ2n) is 4.04. The summed E-state index contributed by atoms with van der Waals surface area (Å²) in [6.07, 6.45) is 1.32. The lowest BCUT2D eigenvalue weighted by Crippen LogP contribution is -2.30. The van der Waals surface area contributed by atoms with Crippen molar-refractivity contribution in [2.45, 2.75) is 19.4 Å². The number of hydrogen-bond donors (Lipinski definition) is 2. The zero-order valence-electron chi connectivity index (χ0n) is 8.73. The predicted octanol–water partition coefficient (Wildman–Crippen LogP) is 1.31. The van der Waals surface area contributed by atoms with Crippen LogP contribution in [0.25, 0.3) is 0 Å². The maximum atomic E-state index is 11.6. The number of aromatic hydroxyl groups is 1. The third-order valence-corrected chi connectivity index (χ3v) is 2.79. The molecule has 1 fully saturated rings. The Kier molecular flexibility index (Phi) is 2.53. The van der Waals surface area contributed by atoms with Crippen molar-refractivity contribution in [2.75, 3.05) is 0 Å². The zero-order valence-corrected chi connectivity index (χ0v) is 8.73. The normalized spacial score (nSPS) is 16.2. The van der Waals surface area contributed by atoms with Crippen LogP contribution >= 0.6 is 0 Å². The van der Waals surface area contributed by atoms with E-state index in [0.29, 0.717) is 19.4 Å². The van der Waals surface area contributed by atoms with Gasteiger partial charge in [0.05, 0.1) is 6.07 Å². The number of benzene rings is 1. The molecule has 1 aliphatic carbocycles. The number of carbonyl (C=O) groups is 1. The van der Waals surface area contributed by atoms with Gasteiger partial charge >= 0.3 is 0 Å². The molecule has 0 aliphatic heterocycles. The van der Waals surface area contributed by atoms with E-state index in [1.54, 1.807) is 24.3 Å². The summed E-state index contributed by atoms with van der Waals surface area (Å²) in [5.41, 5.74) is 0.136. The van der Waals surface area contributed by atoms with Gasteiger partial charge in [-0.05, 0) is 30.5 Å². The van der Waals surface area contributed by atoms with Crippen LogP contribution in [-0.2, 0) is 11.3 Å². The molecule has 1 saturated carbocycles. The molecule has 4 nitrogen and oxygen atoms in total. The molecule has 82 valence electrons. The second-order valence-corrected chi connectivity index (χ2v) is 4.04. The maximum absolute atomic E-state index is 11.6. The Morgan fingerprint density at radius 3 is 2.56 bits per heavy atom. The van der Waals surface area contributed by atoms with Gasteiger partial charge in [-0.25, -0.2) is 0 Å². The molecule has 0 saturated heterocycles. The van der Waals surface area contributed by atoms with Crippen LogP contribution in [0.4, 0.5) is 0 Å². The molecule has 4 heteroatoms. The summed E-state index contributed by atoms with van der Waals surface area (Å²) >= 11 is 0. The number of nitrogens with one attached hydrogen (secondary N) is 1. The predicted molar refractivity (Wildman–Crippen MR) is 57.2 cm³/mol. The first-order valence-electron chi connectivity index (χ1n) is 5.14. The lowest BCUT2D eigenvalue weighted by atomic mass is 10.1. The SMILES string of the molecule is N#CC1(C(=O)NCc2ccc(O)cc2)CC1. The third-order valence-electron chi connectivity index (χ3n) is 2.79. The van der Waals surface area contributed by atoms with Gasteiger partial charge < -0.3 is 10.4 Å². The summed E-state index contributed by atoms with van der Waals surface area (Å²) in [5.74, 6) is 0.00818. The van der Waals surface area contributed by atoms with Crippen molar-refractivity contribution in [2.24, 2.45) is 5.41 Å². The third kappa shape index (κ3) is 1.98. The lowest BCUT2D eigenvalue weighted by molar-refractivity contribution is -0.124. The highest BCUT2D eigenvalue weighted by atomic mass is 16.3. The monoisotopic (exact) mass is 216 g/mol. The van der Waals surface area contributed by atoms with Crippen molar-refractivity contribution in [3.63, 3.8) is 0 Å². The molecule has 16 heavy (non-hydrogen) atoms. The number of rotatable bonds is 3. The molecule has 1 aromatic rings. The number of carbonyl (C=O) groups excluding carboxylic acids is 1. The lowest BCUT2D eigenvalue weighted by Gasteiger charge is -2.08. The molecule has 2 rings (SSSR count). The van der Waals surface area contributed by atoms with Crippen LogP contribution in [0.1, 0.15) is 18.4 Å². The average Bonchev–Trinajstić information content (AvgIpc) is 3.09. The van der Waals surface area contributed by atoms with Crippen LogP contribution in [-0.4, -0.2) is 11.0 Å². The number of phenolic OH excluding ortho intramolecular Hbond substituents is 1. The highest BCUT2D eigenvalue weighted by Crippen LogP contribution is 2.44. The van der Waals surface area contributed by atoms with Crippen LogP contribution < -0.4 is 5.32 Å². The first-order chi connectivity index (χ1) is 7.66. The first-order valence-corrected chi connectivity index (χ1v) is 5.14. The fraction of sp³-hybridized carbons (Fsp3) is 0.333. The van der Waals surface area contributed by atoms with Crippen molar-refractivity contribution < 1.29 is 9.90 Å². The fourth-order valence-corrected chi connectivity index (χ4v) is 1.48. The molecule has 0 spiro atoms. The van der Waals surface area contributed by atoms with E-state index in [9.17, 15) is 4.79 Å². The Balaban J connectivity index is 1.91. The molecule has 0 aromatic heterocycles. The summed E-state index contributed by atoms with van der Waals surface area (Å²) < 4.78 is 0. The van der Waals surface area contributed by atoms with E-state index in [-0.39, 0.29) is 11.7 Å². The standard InChI is InChI=1S/C12H12N2O2/c13-8-12(5-6-12)11(16)14-7-9-1-3-10(15)4-2-9/h1-4,15H,5-7H2,(H,14,16). The number of nitrogens with zero attached hydrogens (tertiary/aromatic N) is 1. The summed E-state index contributed by atoms with van der Waals surface area (Å²) in [6.45, 7) is 0.391. The molecular formula is C12H12N2O2. The molecular weight excluding hydrogens is 204 g/mol. The highest BCUT2D eigenvalue weighted by molar-refractivity contribution is 5.88. The summed E-state index contributed by atoms with van der Waals surface area (Å²) in [4.78, 5) is 11.6. The van der Waals surface area contributed by atoms with Gasteiger partial charge in [-0.15, -0.1) is 0 Å². The van der Waals surface area contributed by atoms with Gasteiger partial charge in [0.1, 0.15) is 11.2 Å². The molecule has 1 aliphatic rings.